The van der Waals surface area contributed by atoms with Crippen LogP contribution in [0.25, 0.3) is 0 Å². The number of phosphoric ester groups is 2. The van der Waals surface area contributed by atoms with Gasteiger partial charge in [0.2, 0.25) is 0 Å². The number of anilines is 1. The normalized spacial score (nSPS) is 29.2. The minimum Gasteiger partial charge on any atom is -0.394 e. The zero-order chi connectivity index (χ0) is 25.8. The maximum absolute atomic E-state index is 12.0. The molecule has 0 radical (unpaired) electrons. The van der Waals surface area contributed by atoms with E-state index in [0.717, 1.165) is 10.8 Å². The van der Waals surface area contributed by atoms with Crippen LogP contribution in [0.3, 0.4) is 0 Å². The van der Waals surface area contributed by atoms with Crippen LogP contribution in [0.4, 0.5) is 5.82 Å². The van der Waals surface area contributed by atoms with Gasteiger partial charge in [0.15, 0.2) is 6.23 Å². The van der Waals surface area contributed by atoms with Gasteiger partial charge in [0.05, 0.1) is 19.8 Å². The van der Waals surface area contributed by atoms with Crippen molar-refractivity contribution >= 4 is 21.5 Å². The molecule has 1 aliphatic rings. The number of phosphoric acid groups is 2. The third-order valence-electron chi connectivity index (χ3n) is 4.46. The van der Waals surface area contributed by atoms with Crippen LogP contribution in [-0.2, 0) is 27.2 Å². The Morgan fingerprint density at radius 3 is 2.32 bits per heavy atom. The molecule has 1 aromatic heterocycles. The summed E-state index contributed by atoms with van der Waals surface area (Å²) in [7, 11) is -10.7. The van der Waals surface area contributed by atoms with Gasteiger partial charge in [0.25, 0.3) is 0 Å². The summed E-state index contributed by atoms with van der Waals surface area (Å²) >= 11 is 0. The van der Waals surface area contributed by atoms with E-state index in [1.165, 1.54) is 6.07 Å². The number of aliphatic hydroxyl groups is 6. The predicted octanol–water partition coefficient (Wildman–Crippen LogP) is -4.23. The summed E-state index contributed by atoms with van der Waals surface area (Å²) in [5, 5.41) is 57.0. The second-order valence-electron chi connectivity index (χ2n) is 7.01. The van der Waals surface area contributed by atoms with Crippen LogP contribution in [0.2, 0.25) is 0 Å². The molecule has 9 unspecified atom stereocenters. The maximum Gasteiger partial charge on any atom is 0.481 e. The molecule has 2 rings (SSSR count). The van der Waals surface area contributed by atoms with Crippen LogP contribution in [0.1, 0.15) is 6.23 Å². The molecule has 0 amide bonds. The average molecular weight is 537 g/mol. The van der Waals surface area contributed by atoms with Crippen molar-refractivity contribution in [1.29, 1.82) is 0 Å². The van der Waals surface area contributed by atoms with Crippen LogP contribution >= 0.6 is 15.6 Å². The molecular weight excluding hydrogens is 512 g/mol. The Balaban J connectivity index is 1.94. The summed E-state index contributed by atoms with van der Waals surface area (Å²) in [6.07, 6.45) is -11.1. The summed E-state index contributed by atoms with van der Waals surface area (Å²) in [6, 6.07) is 1.21. The molecule has 196 valence electrons. The smallest absolute Gasteiger partial charge is 0.394 e. The fourth-order valence-corrected chi connectivity index (χ4v) is 4.79. The number of nitrogens with zero attached hydrogens (tertiary/aromatic N) is 2. The number of hydrogen-bond donors (Lipinski definition) is 9. The molecule has 9 atom stereocenters. The minimum atomic E-state index is -5.38. The first kappa shape index (κ1) is 28.9. The minimum absolute atomic E-state index is 0.116. The molecule has 0 aromatic carbocycles. The Kier molecular flexibility index (Phi) is 9.85. The van der Waals surface area contributed by atoms with Crippen LogP contribution in [0.15, 0.2) is 17.1 Å². The highest BCUT2D eigenvalue weighted by molar-refractivity contribution is 7.61. The molecule has 1 aromatic rings. The van der Waals surface area contributed by atoms with Gasteiger partial charge in [-0.25, -0.2) is 13.9 Å². The Morgan fingerprint density at radius 1 is 1.12 bits per heavy atom. The van der Waals surface area contributed by atoms with E-state index in [2.05, 4.69) is 18.3 Å². The van der Waals surface area contributed by atoms with Gasteiger partial charge in [-0.1, -0.05) is 0 Å². The van der Waals surface area contributed by atoms with E-state index < -0.39 is 84.0 Å². The lowest BCUT2D eigenvalue weighted by Gasteiger charge is -2.23. The molecule has 0 aliphatic carbocycles. The number of aromatic nitrogens is 2. The lowest BCUT2D eigenvalue weighted by Crippen LogP contribution is -2.41. The molecule has 1 aliphatic heterocycles. The highest BCUT2D eigenvalue weighted by atomic mass is 31.3. The van der Waals surface area contributed by atoms with Gasteiger partial charge in [0.1, 0.15) is 42.4 Å². The van der Waals surface area contributed by atoms with Crippen LogP contribution < -0.4 is 11.4 Å². The van der Waals surface area contributed by atoms with E-state index in [-0.39, 0.29) is 5.82 Å². The number of nitrogens with two attached hydrogens (primary N) is 1. The maximum atomic E-state index is 12.0. The largest absolute Gasteiger partial charge is 0.481 e. The fraction of sp³-hybridized carbons (Fsp3) is 0.714. The van der Waals surface area contributed by atoms with Crippen molar-refractivity contribution in [3.05, 3.63) is 22.7 Å². The molecule has 34 heavy (non-hydrogen) atoms. The average Bonchev–Trinajstić information content (AvgIpc) is 3.03. The van der Waals surface area contributed by atoms with Crippen molar-refractivity contribution in [1.82, 2.24) is 9.55 Å². The van der Waals surface area contributed by atoms with Gasteiger partial charge in [-0.15, -0.1) is 0 Å². The quantitative estimate of drug-likeness (QED) is 0.114. The van der Waals surface area contributed by atoms with Crippen molar-refractivity contribution in [3.63, 3.8) is 0 Å². The lowest BCUT2D eigenvalue weighted by atomic mass is 10.1. The number of aliphatic hydroxyl groups excluding tert-OH is 6. The van der Waals surface area contributed by atoms with Crippen LogP contribution in [0.5, 0.6) is 0 Å². The summed E-state index contributed by atoms with van der Waals surface area (Å²) in [6.45, 7) is -3.07. The molecule has 1 saturated heterocycles. The zero-order valence-corrected chi connectivity index (χ0v) is 18.9. The van der Waals surface area contributed by atoms with Gasteiger partial charge >= 0.3 is 21.3 Å². The van der Waals surface area contributed by atoms with Crippen molar-refractivity contribution in [2.75, 3.05) is 25.6 Å². The monoisotopic (exact) mass is 537 g/mol. The Labute approximate surface area is 190 Å². The first-order valence-corrected chi connectivity index (χ1v) is 12.3. The van der Waals surface area contributed by atoms with E-state index in [9.17, 15) is 49.2 Å². The van der Waals surface area contributed by atoms with Gasteiger partial charge < -0.3 is 50.9 Å². The molecular formula is C14H25N3O15P2. The standard InChI is InChI=1S/C14H25N3O15P2/c15-9-1-2-17(14(24)16-9)13-12(23)11(22)8(31-13)5-30-34(27,28)32-33(25,26)29-4-7(20)10(21)6(19)3-18/h1-2,6-8,10-13,18-23H,3-5H2,(H,25,26)(H,27,28)(H2,15,16,24). The van der Waals surface area contributed by atoms with Crippen molar-refractivity contribution < 1.29 is 67.7 Å². The van der Waals surface area contributed by atoms with Crippen molar-refractivity contribution in [2.24, 2.45) is 0 Å². The second kappa shape index (κ2) is 11.6. The van der Waals surface area contributed by atoms with Crippen LogP contribution in [-0.4, -0.2) is 106 Å². The molecule has 18 nitrogen and oxygen atoms in total. The van der Waals surface area contributed by atoms with Gasteiger partial charge in [-0.05, 0) is 6.07 Å². The topological polar surface area (TPSA) is 294 Å². The van der Waals surface area contributed by atoms with Gasteiger partial charge in [0, 0.05) is 6.20 Å². The SMILES string of the molecule is Nc1ccn(C2OC(COP(=O)(O)OP(=O)(O)OCC(O)C(O)C(O)CO)C(O)C2O)c(=O)n1. The molecule has 0 bridgehead atoms. The summed E-state index contributed by atoms with van der Waals surface area (Å²) in [5.74, 6) is -0.116. The van der Waals surface area contributed by atoms with E-state index in [0.29, 0.717) is 0 Å². The number of nitrogen functional groups attached to an aromatic ring is 1. The number of hydrogen-bond acceptors (Lipinski definition) is 15. The second-order valence-corrected chi connectivity index (χ2v) is 10.1. The third kappa shape index (κ3) is 7.58. The Hall–Kier alpha value is -1.34. The Morgan fingerprint density at radius 2 is 1.74 bits per heavy atom. The first-order valence-electron chi connectivity index (χ1n) is 9.34. The third-order valence-corrected chi connectivity index (χ3v) is 7.06. The molecule has 0 saturated carbocycles. The molecule has 1 fully saturated rings. The summed E-state index contributed by atoms with van der Waals surface area (Å²) < 4.78 is 42.6. The van der Waals surface area contributed by atoms with Gasteiger partial charge in [-0.2, -0.15) is 9.29 Å². The van der Waals surface area contributed by atoms with Crippen LogP contribution in [0, 0.1) is 0 Å². The highest BCUT2D eigenvalue weighted by Crippen LogP contribution is 2.60. The molecule has 10 N–H and O–H groups in total. The van der Waals surface area contributed by atoms with Crippen molar-refractivity contribution in [3.8, 4) is 0 Å². The summed E-state index contributed by atoms with van der Waals surface area (Å²) in [4.78, 5) is 34.5. The van der Waals surface area contributed by atoms with E-state index >= 15 is 0 Å². The van der Waals surface area contributed by atoms with Crippen molar-refractivity contribution in [2.45, 2.75) is 42.9 Å². The predicted molar refractivity (Wildman–Crippen MR) is 107 cm³/mol. The number of ether oxygens (including phenoxy) is 1. The molecule has 2 heterocycles. The number of rotatable bonds is 12. The van der Waals surface area contributed by atoms with E-state index in [4.69, 9.17) is 15.6 Å². The molecule has 20 heteroatoms. The Bertz CT molecular complexity index is 978. The van der Waals surface area contributed by atoms with E-state index in [1.807, 2.05) is 0 Å². The highest BCUT2D eigenvalue weighted by Gasteiger charge is 2.46. The zero-order valence-electron chi connectivity index (χ0n) is 17.1. The van der Waals surface area contributed by atoms with Gasteiger partial charge in [-0.3, -0.25) is 13.6 Å². The van der Waals surface area contributed by atoms with E-state index in [1.54, 1.807) is 0 Å². The fourth-order valence-electron chi connectivity index (χ4n) is 2.69. The summed E-state index contributed by atoms with van der Waals surface area (Å²) in [5.41, 5.74) is 4.44. The lowest BCUT2D eigenvalue weighted by molar-refractivity contribution is -0.0891. The molecule has 0 spiro atoms. The first-order chi connectivity index (χ1) is 15.7.